The van der Waals surface area contributed by atoms with E-state index in [4.69, 9.17) is 23.2 Å². The Bertz CT molecular complexity index is 511. The van der Waals surface area contributed by atoms with E-state index >= 15 is 0 Å². The molecule has 0 radical (unpaired) electrons. The van der Waals surface area contributed by atoms with E-state index in [0.29, 0.717) is 10.0 Å². The second-order valence-electron chi connectivity index (χ2n) is 4.11. The summed E-state index contributed by atoms with van der Waals surface area (Å²) in [4.78, 5) is 14.3. The molecule has 0 aromatic carbocycles. The smallest absolute Gasteiger partial charge is 0.148 e. The van der Waals surface area contributed by atoms with Crippen molar-refractivity contribution in [3.63, 3.8) is 0 Å². The quantitative estimate of drug-likeness (QED) is 0.717. The maximum absolute atomic E-state index is 12.4. The molecule has 2 heterocycles. The average Bonchev–Trinajstić information content (AvgIpc) is 2.95. The van der Waals surface area contributed by atoms with Crippen LogP contribution in [0.25, 0.3) is 0 Å². The fourth-order valence-electron chi connectivity index (χ4n) is 1.86. The molecule has 0 saturated carbocycles. The van der Waals surface area contributed by atoms with Gasteiger partial charge >= 0.3 is 0 Å². The van der Waals surface area contributed by atoms with Crippen molar-refractivity contribution in [2.75, 3.05) is 0 Å². The van der Waals surface area contributed by atoms with Crippen molar-refractivity contribution in [2.24, 2.45) is 0 Å². The van der Waals surface area contributed by atoms with Gasteiger partial charge in [-0.25, -0.2) is 0 Å². The minimum Gasteiger partial charge on any atom is -0.298 e. The molecule has 0 bridgehead atoms. The van der Waals surface area contributed by atoms with E-state index in [2.05, 4.69) is 0 Å². The lowest BCUT2D eigenvalue weighted by atomic mass is 9.93. The van der Waals surface area contributed by atoms with E-state index < -0.39 is 0 Å². The summed E-state index contributed by atoms with van der Waals surface area (Å²) >= 11 is 15.2. The molecule has 96 valence electrons. The summed E-state index contributed by atoms with van der Waals surface area (Å²) in [5.41, 5.74) is 0. The number of hydrogen-bond acceptors (Lipinski definition) is 3. The Morgan fingerprint density at radius 1 is 1.00 bits per heavy atom. The van der Waals surface area contributed by atoms with Gasteiger partial charge in [-0.2, -0.15) is 0 Å². The van der Waals surface area contributed by atoms with Crippen LogP contribution in [0, 0.1) is 0 Å². The van der Waals surface area contributed by atoms with E-state index in [1.54, 1.807) is 0 Å². The Morgan fingerprint density at radius 2 is 1.39 bits per heavy atom. The van der Waals surface area contributed by atoms with E-state index in [1.165, 1.54) is 22.7 Å². The van der Waals surface area contributed by atoms with Crippen LogP contribution >= 0.6 is 45.9 Å². The summed E-state index contributed by atoms with van der Waals surface area (Å²) < 4.78 is 0. The number of ketones is 1. The molecule has 1 nitrogen and oxygen atoms in total. The number of Topliss-reactive ketones (excluding diaryl/α,β-unsaturated/α-hetero) is 1. The monoisotopic (exact) mass is 318 g/mol. The zero-order chi connectivity index (χ0) is 13.3. The molecule has 0 aliphatic heterocycles. The lowest BCUT2D eigenvalue weighted by Crippen LogP contribution is -2.15. The van der Waals surface area contributed by atoms with Crippen molar-refractivity contribution in [1.82, 2.24) is 0 Å². The van der Waals surface area contributed by atoms with Gasteiger partial charge in [0.25, 0.3) is 0 Å². The summed E-state index contributed by atoms with van der Waals surface area (Å²) in [6.07, 6.45) is 0. The van der Waals surface area contributed by atoms with Crippen LogP contribution in [0.5, 0.6) is 0 Å². The fourth-order valence-corrected chi connectivity index (χ4v) is 4.44. The lowest BCUT2D eigenvalue weighted by Gasteiger charge is -2.15. The van der Waals surface area contributed by atoms with Gasteiger partial charge in [0.15, 0.2) is 0 Å². The van der Waals surface area contributed by atoms with Crippen LogP contribution in [0.1, 0.15) is 35.4 Å². The SMILES string of the molecule is CC(C(=O)C(C)c1sccc1Cl)c1sccc1Cl. The predicted octanol–water partition coefficient (Wildman–Crippen LogP) is 5.59. The number of hydrogen-bond donors (Lipinski definition) is 0. The topological polar surface area (TPSA) is 17.1 Å². The van der Waals surface area contributed by atoms with Crippen LogP contribution in [0.2, 0.25) is 10.0 Å². The van der Waals surface area contributed by atoms with Crippen molar-refractivity contribution < 1.29 is 4.79 Å². The molecular weight excluding hydrogens is 307 g/mol. The summed E-state index contributed by atoms with van der Waals surface area (Å²) in [5, 5.41) is 5.16. The third kappa shape index (κ3) is 2.64. The van der Waals surface area contributed by atoms with E-state index in [-0.39, 0.29) is 17.6 Å². The lowest BCUT2D eigenvalue weighted by molar-refractivity contribution is -0.121. The first kappa shape index (κ1) is 14.1. The zero-order valence-corrected chi connectivity index (χ0v) is 13.1. The van der Waals surface area contributed by atoms with Crippen LogP contribution in [-0.2, 0) is 4.79 Å². The second-order valence-corrected chi connectivity index (χ2v) is 6.82. The van der Waals surface area contributed by atoms with Gasteiger partial charge < -0.3 is 0 Å². The normalized spacial score (nSPS) is 14.4. The molecule has 2 rings (SSSR count). The molecule has 2 unspecified atom stereocenters. The molecular formula is C13H12Cl2OS2. The molecule has 2 aromatic rings. The minimum absolute atomic E-state index is 0.156. The first-order valence-electron chi connectivity index (χ1n) is 5.52. The highest BCUT2D eigenvalue weighted by molar-refractivity contribution is 7.11. The van der Waals surface area contributed by atoms with Gasteiger partial charge in [-0.1, -0.05) is 37.0 Å². The molecule has 0 N–H and O–H groups in total. The molecule has 0 aliphatic carbocycles. The van der Waals surface area contributed by atoms with Gasteiger partial charge in [0.05, 0.1) is 21.9 Å². The molecule has 0 amide bonds. The number of carbonyl (C=O) groups excluding carboxylic acids is 1. The Hall–Kier alpha value is -0.350. The van der Waals surface area contributed by atoms with Gasteiger partial charge in [0, 0.05) is 9.75 Å². The maximum Gasteiger partial charge on any atom is 0.148 e. The number of halogens is 2. The van der Waals surface area contributed by atoms with Crippen LogP contribution < -0.4 is 0 Å². The molecule has 0 fully saturated rings. The van der Waals surface area contributed by atoms with Crippen molar-refractivity contribution in [1.29, 1.82) is 0 Å². The zero-order valence-electron chi connectivity index (χ0n) is 9.94. The van der Waals surface area contributed by atoms with Crippen molar-refractivity contribution >= 4 is 51.7 Å². The Balaban J connectivity index is 2.22. The Labute approximate surface area is 124 Å². The van der Waals surface area contributed by atoms with Gasteiger partial charge in [0.1, 0.15) is 5.78 Å². The fraction of sp³-hybridized carbons (Fsp3) is 0.308. The second kappa shape index (κ2) is 5.74. The predicted molar refractivity (Wildman–Crippen MR) is 80.5 cm³/mol. The molecule has 2 aromatic heterocycles. The maximum atomic E-state index is 12.4. The molecule has 0 spiro atoms. The van der Waals surface area contributed by atoms with Crippen LogP contribution in [-0.4, -0.2) is 5.78 Å². The standard InChI is InChI=1S/C13H12Cl2OS2/c1-7(12-9(14)3-5-17-12)11(16)8(2)13-10(15)4-6-18-13/h3-8H,1-2H3. The van der Waals surface area contributed by atoms with E-state index in [1.807, 2.05) is 36.7 Å². The average molecular weight is 319 g/mol. The van der Waals surface area contributed by atoms with Gasteiger partial charge in [0.2, 0.25) is 0 Å². The Morgan fingerprint density at radius 3 is 1.67 bits per heavy atom. The minimum atomic E-state index is -0.189. The summed E-state index contributed by atoms with van der Waals surface area (Å²) in [7, 11) is 0. The number of carbonyl (C=O) groups is 1. The molecule has 0 saturated heterocycles. The van der Waals surface area contributed by atoms with E-state index in [9.17, 15) is 4.79 Å². The van der Waals surface area contributed by atoms with Crippen molar-refractivity contribution in [3.05, 3.63) is 42.7 Å². The first-order valence-corrected chi connectivity index (χ1v) is 8.03. The summed E-state index contributed by atoms with van der Waals surface area (Å²) in [5.74, 6) is -0.222. The summed E-state index contributed by atoms with van der Waals surface area (Å²) in [6.45, 7) is 3.80. The third-order valence-electron chi connectivity index (χ3n) is 2.93. The molecule has 5 heteroatoms. The van der Waals surface area contributed by atoms with Crippen molar-refractivity contribution in [3.8, 4) is 0 Å². The molecule has 0 aliphatic rings. The van der Waals surface area contributed by atoms with Crippen molar-refractivity contribution in [2.45, 2.75) is 25.7 Å². The van der Waals surface area contributed by atoms with Crippen LogP contribution in [0.15, 0.2) is 22.9 Å². The van der Waals surface area contributed by atoms with Crippen LogP contribution in [0.4, 0.5) is 0 Å². The summed E-state index contributed by atoms with van der Waals surface area (Å²) in [6, 6.07) is 3.66. The van der Waals surface area contributed by atoms with Gasteiger partial charge in [-0.15, -0.1) is 22.7 Å². The number of rotatable bonds is 4. The highest BCUT2D eigenvalue weighted by Crippen LogP contribution is 2.37. The number of thiophene rings is 2. The van der Waals surface area contributed by atoms with Gasteiger partial charge in [-0.3, -0.25) is 4.79 Å². The highest BCUT2D eigenvalue weighted by atomic mass is 35.5. The Kier molecular flexibility index (Phi) is 4.49. The molecule has 2 atom stereocenters. The largest absolute Gasteiger partial charge is 0.298 e. The van der Waals surface area contributed by atoms with E-state index in [0.717, 1.165) is 9.75 Å². The first-order chi connectivity index (χ1) is 8.52. The molecule has 18 heavy (non-hydrogen) atoms. The van der Waals surface area contributed by atoms with Crippen LogP contribution in [0.3, 0.4) is 0 Å². The van der Waals surface area contributed by atoms with Gasteiger partial charge in [-0.05, 0) is 22.9 Å². The third-order valence-corrected chi connectivity index (χ3v) is 6.01. The highest BCUT2D eigenvalue weighted by Gasteiger charge is 2.27.